The number of anilines is 2. The monoisotopic (exact) mass is 406 g/mol. The molecule has 1 aliphatic carbocycles. The summed E-state index contributed by atoms with van der Waals surface area (Å²) in [5.74, 6) is 1.38. The van der Waals surface area contributed by atoms with Crippen LogP contribution in [0.4, 0.5) is 10.8 Å². The number of aromatic nitrogens is 2. The Morgan fingerprint density at radius 2 is 2.07 bits per heavy atom. The van der Waals surface area contributed by atoms with E-state index in [1.54, 1.807) is 7.11 Å². The van der Waals surface area contributed by atoms with Gasteiger partial charge >= 0.3 is 0 Å². The Kier molecular flexibility index (Phi) is 6.95. The van der Waals surface area contributed by atoms with Gasteiger partial charge < -0.3 is 15.4 Å². The number of hydrogen-bond acceptors (Lipinski definition) is 7. The third kappa shape index (κ3) is 5.35. The van der Waals surface area contributed by atoms with E-state index in [2.05, 4.69) is 27.8 Å². The van der Waals surface area contributed by atoms with Crippen LogP contribution >= 0.6 is 23.1 Å². The van der Waals surface area contributed by atoms with Crippen LogP contribution in [0.2, 0.25) is 0 Å². The fourth-order valence-electron chi connectivity index (χ4n) is 3.21. The van der Waals surface area contributed by atoms with Crippen LogP contribution in [-0.2, 0) is 4.79 Å². The quantitative estimate of drug-likeness (QED) is 0.661. The Labute approximate surface area is 168 Å². The molecule has 0 aliphatic heterocycles. The van der Waals surface area contributed by atoms with Gasteiger partial charge in [-0.05, 0) is 37.8 Å². The first kappa shape index (κ1) is 19.9. The summed E-state index contributed by atoms with van der Waals surface area (Å²) in [6.07, 6.45) is 4.74. The molecular weight excluding hydrogens is 380 g/mol. The van der Waals surface area contributed by atoms with Crippen LogP contribution in [0.3, 0.4) is 0 Å². The highest BCUT2D eigenvalue weighted by molar-refractivity contribution is 8.02. The van der Waals surface area contributed by atoms with E-state index in [0.29, 0.717) is 17.1 Å². The smallest absolute Gasteiger partial charge is 0.233 e. The van der Waals surface area contributed by atoms with E-state index in [9.17, 15) is 4.79 Å². The standard InChI is InChI=1S/C19H26N4O2S2/c1-12-8-4-5-9-14(12)20-17(24)13(2)26-19-23-22-18(27-19)21-15-10-6-7-11-16(15)25-3/h6-7,10-14H,4-5,8-9H2,1-3H3,(H,20,24)(H,21,22)/t12-,13-,14-/m1/s1. The van der Waals surface area contributed by atoms with Crippen LogP contribution in [0.15, 0.2) is 28.6 Å². The van der Waals surface area contributed by atoms with Gasteiger partial charge in [-0.1, -0.05) is 55.0 Å². The highest BCUT2D eigenvalue weighted by Crippen LogP contribution is 2.33. The van der Waals surface area contributed by atoms with Gasteiger partial charge in [0.15, 0.2) is 4.34 Å². The summed E-state index contributed by atoms with van der Waals surface area (Å²) < 4.78 is 6.11. The van der Waals surface area contributed by atoms with Gasteiger partial charge in [-0.3, -0.25) is 4.79 Å². The zero-order chi connectivity index (χ0) is 19.2. The maximum absolute atomic E-state index is 12.5. The lowest BCUT2D eigenvalue weighted by atomic mass is 9.86. The minimum absolute atomic E-state index is 0.0770. The maximum atomic E-state index is 12.5. The van der Waals surface area contributed by atoms with Crippen molar-refractivity contribution in [3.63, 3.8) is 0 Å². The summed E-state index contributed by atoms with van der Waals surface area (Å²) in [6.45, 7) is 4.14. The normalized spacial score (nSPS) is 20.7. The van der Waals surface area contributed by atoms with Crippen molar-refractivity contribution in [2.75, 3.05) is 12.4 Å². The Morgan fingerprint density at radius 1 is 1.30 bits per heavy atom. The molecule has 1 amide bonds. The Hall–Kier alpha value is -1.80. The molecule has 1 saturated carbocycles. The average Bonchev–Trinajstić information content (AvgIpc) is 3.10. The fraction of sp³-hybridized carbons (Fsp3) is 0.526. The molecule has 1 aromatic heterocycles. The molecule has 3 rings (SSSR count). The molecule has 1 aliphatic rings. The summed E-state index contributed by atoms with van der Waals surface area (Å²) in [7, 11) is 1.63. The minimum atomic E-state index is -0.203. The van der Waals surface area contributed by atoms with E-state index >= 15 is 0 Å². The van der Waals surface area contributed by atoms with Crippen LogP contribution in [0.1, 0.15) is 39.5 Å². The van der Waals surface area contributed by atoms with Gasteiger partial charge in [0.05, 0.1) is 18.0 Å². The number of methoxy groups -OCH3 is 1. The molecule has 2 N–H and O–H groups in total. The van der Waals surface area contributed by atoms with Gasteiger partial charge in [0.2, 0.25) is 11.0 Å². The molecule has 2 aromatic rings. The Morgan fingerprint density at radius 3 is 2.85 bits per heavy atom. The van der Waals surface area contributed by atoms with E-state index in [0.717, 1.165) is 22.2 Å². The first-order valence-corrected chi connectivity index (χ1v) is 11.0. The minimum Gasteiger partial charge on any atom is -0.495 e. The molecule has 146 valence electrons. The lowest BCUT2D eigenvalue weighted by Gasteiger charge is -2.30. The highest BCUT2D eigenvalue weighted by Gasteiger charge is 2.25. The third-order valence-electron chi connectivity index (χ3n) is 4.84. The van der Waals surface area contributed by atoms with Crippen LogP contribution in [0.25, 0.3) is 0 Å². The van der Waals surface area contributed by atoms with Crippen LogP contribution in [-0.4, -0.2) is 34.5 Å². The summed E-state index contributed by atoms with van der Waals surface area (Å²) in [5, 5.41) is 15.3. The van der Waals surface area contributed by atoms with Crippen molar-refractivity contribution in [3.05, 3.63) is 24.3 Å². The molecule has 27 heavy (non-hydrogen) atoms. The zero-order valence-electron chi connectivity index (χ0n) is 15.9. The second-order valence-corrected chi connectivity index (χ2v) is 9.40. The van der Waals surface area contributed by atoms with E-state index in [1.807, 2.05) is 31.2 Å². The third-order valence-corrected chi connectivity index (χ3v) is 6.86. The van der Waals surface area contributed by atoms with Gasteiger partial charge in [0.1, 0.15) is 5.75 Å². The number of hydrogen-bond donors (Lipinski definition) is 2. The number of nitrogens with one attached hydrogen (secondary N) is 2. The number of nitrogens with zero attached hydrogens (tertiary/aromatic N) is 2. The first-order chi connectivity index (χ1) is 13.1. The summed E-state index contributed by atoms with van der Waals surface area (Å²) in [4.78, 5) is 12.5. The van der Waals surface area contributed by atoms with Gasteiger partial charge in [0, 0.05) is 6.04 Å². The Balaban J connectivity index is 1.55. The highest BCUT2D eigenvalue weighted by atomic mass is 32.2. The average molecular weight is 407 g/mol. The van der Waals surface area contributed by atoms with Crippen molar-refractivity contribution in [2.24, 2.45) is 5.92 Å². The molecule has 0 spiro atoms. The van der Waals surface area contributed by atoms with Crippen molar-refractivity contribution < 1.29 is 9.53 Å². The topological polar surface area (TPSA) is 76.1 Å². The van der Waals surface area contributed by atoms with Crippen molar-refractivity contribution in [1.82, 2.24) is 15.5 Å². The summed E-state index contributed by atoms with van der Waals surface area (Å²) in [5.41, 5.74) is 0.838. The summed E-state index contributed by atoms with van der Waals surface area (Å²) >= 11 is 2.88. The molecule has 6 nitrogen and oxygen atoms in total. The second-order valence-electron chi connectivity index (χ2n) is 6.84. The van der Waals surface area contributed by atoms with Gasteiger partial charge in [-0.2, -0.15) is 0 Å². The van der Waals surface area contributed by atoms with Crippen molar-refractivity contribution in [2.45, 2.75) is 55.2 Å². The molecule has 8 heteroatoms. The molecular formula is C19H26N4O2S2. The number of thioether (sulfide) groups is 1. The molecule has 0 bridgehead atoms. The van der Waals surface area contributed by atoms with Crippen molar-refractivity contribution in [3.8, 4) is 5.75 Å². The lowest BCUT2D eigenvalue weighted by Crippen LogP contribution is -2.44. The number of carbonyl (C=O) groups is 1. The molecule has 0 radical (unpaired) electrons. The number of ether oxygens (including phenoxy) is 1. The molecule has 1 heterocycles. The number of rotatable bonds is 7. The lowest BCUT2D eigenvalue weighted by molar-refractivity contribution is -0.121. The van der Waals surface area contributed by atoms with E-state index in [-0.39, 0.29) is 11.2 Å². The van der Waals surface area contributed by atoms with Crippen molar-refractivity contribution >= 4 is 39.8 Å². The molecule has 3 atom stereocenters. The molecule has 0 unspecified atom stereocenters. The second kappa shape index (κ2) is 9.41. The van der Waals surface area contributed by atoms with Gasteiger partial charge in [-0.25, -0.2) is 0 Å². The van der Waals surface area contributed by atoms with Crippen molar-refractivity contribution in [1.29, 1.82) is 0 Å². The molecule has 1 fully saturated rings. The predicted molar refractivity (Wildman–Crippen MR) is 111 cm³/mol. The predicted octanol–water partition coefficient (Wildman–Crippen LogP) is 4.47. The number of benzene rings is 1. The molecule has 1 aromatic carbocycles. The largest absolute Gasteiger partial charge is 0.495 e. The number of amides is 1. The van der Waals surface area contributed by atoms with Crippen LogP contribution in [0, 0.1) is 5.92 Å². The summed E-state index contributed by atoms with van der Waals surface area (Å²) in [6, 6.07) is 7.96. The SMILES string of the molecule is COc1ccccc1Nc1nnc(S[C@H](C)C(=O)N[C@@H]2CCCC[C@H]2C)s1. The fourth-order valence-corrected chi connectivity index (χ4v) is 5.12. The maximum Gasteiger partial charge on any atom is 0.233 e. The number of para-hydroxylation sites is 2. The number of carbonyl (C=O) groups excluding carboxylic acids is 1. The molecule has 0 saturated heterocycles. The first-order valence-electron chi connectivity index (χ1n) is 9.27. The van der Waals surface area contributed by atoms with Gasteiger partial charge in [0.25, 0.3) is 0 Å². The zero-order valence-corrected chi connectivity index (χ0v) is 17.5. The van der Waals surface area contributed by atoms with E-state index < -0.39 is 0 Å². The van der Waals surface area contributed by atoms with Crippen LogP contribution < -0.4 is 15.4 Å². The van der Waals surface area contributed by atoms with Gasteiger partial charge in [-0.15, -0.1) is 10.2 Å². The van der Waals surface area contributed by atoms with E-state index in [4.69, 9.17) is 4.74 Å². The Bertz CT molecular complexity index is 768. The van der Waals surface area contributed by atoms with Crippen LogP contribution in [0.5, 0.6) is 5.75 Å². The van der Waals surface area contributed by atoms with E-state index in [1.165, 1.54) is 42.4 Å².